The fraction of sp³-hybridized carbons (Fsp3) is 0.238. The van der Waals surface area contributed by atoms with Crippen molar-refractivity contribution in [2.45, 2.75) is 20.0 Å². The molecule has 0 aliphatic rings. The number of carbonyl (C=O) groups excluding carboxylic acids is 2. The fourth-order valence-corrected chi connectivity index (χ4v) is 2.59. The van der Waals surface area contributed by atoms with Crippen LogP contribution in [0.3, 0.4) is 0 Å². The van der Waals surface area contributed by atoms with E-state index >= 15 is 0 Å². The first kappa shape index (κ1) is 21.3. The highest BCUT2D eigenvalue weighted by atomic mass is 35.5. The minimum Gasteiger partial charge on any atom is -0.493 e. The first-order valence-corrected chi connectivity index (χ1v) is 9.07. The normalized spacial score (nSPS) is 11.7. The molecule has 0 spiro atoms. The molecule has 0 unspecified atom stereocenters. The van der Waals surface area contributed by atoms with E-state index in [2.05, 4.69) is 5.32 Å². The van der Waals surface area contributed by atoms with Crippen LogP contribution in [0.2, 0.25) is 5.02 Å². The van der Waals surface area contributed by atoms with Gasteiger partial charge in [0.15, 0.2) is 17.6 Å². The lowest BCUT2D eigenvalue weighted by Gasteiger charge is -2.13. The van der Waals surface area contributed by atoms with Gasteiger partial charge in [-0.1, -0.05) is 29.8 Å². The predicted octanol–water partition coefficient (Wildman–Crippen LogP) is 4.33. The number of nitrogens with one attached hydrogen (secondary N) is 1. The van der Waals surface area contributed by atoms with E-state index in [0.717, 1.165) is 0 Å². The summed E-state index contributed by atoms with van der Waals surface area (Å²) in [5.74, 6) is -0.172. The number of esters is 1. The van der Waals surface area contributed by atoms with Gasteiger partial charge in [-0.15, -0.1) is 0 Å². The van der Waals surface area contributed by atoms with Crippen molar-refractivity contribution in [3.63, 3.8) is 0 Å². The summed E-state index contributed by atoms with van der Waals surface area (Å²) in [7, 11) is 1.50. The molecular weight excluding hydrogens is 382 g/mol. The van der Waals surface area contributed by atoms with Crippen LogP contribution in [0, 0.1) is 0 Å². The molecular formula is C21H22ClNO5. The van der Waals surface area contributed by atoms with Crippen LogP contribution in [-0.4, -0.2) is 31.7 Å². The van der Waals surface area contributed by atoms with Crippen LogP contribution in [-0.2, 0) is 14.3 Å². The molecule has 7 heteroatoms. The van der Waals surface area contributed by atoms with Crippen molar-refractivity contribution in [1.82, 2.24) is 0 Å². The zero-order valence-corrected chi connectivity index (χ0v) is 16.7. The molecule has 0 heterocycles. The Bertz CT molecular complexity index is 851. The maximum absolute atomic E-state index is 12.1. The highest BCUT2D eigenvalue weighted by Crippen LogP contribution is 2.36. The summed E-state index contributed by atoms with van der Waals surface area (Å²) < 4.78 is 15.8. The summed E-state index contributed by atoms with van der Waals surface area (Å²) in [6.45, 7) is 3.79. The molecule has 0 bridgehead atoms. The quantitative estimate of drug-likeness (QED) is 0.524. The van der Waals surface area contributed by atoms with Crippen LogP contribution in [0.15, 0.2) is 48.5 Å². The van der Waals surface area contributed by atoms with E-state index in [4.69, 9.17) is 25.8 Å². The zero-order chi connectivity index (χ0) is 20.5. The number of amides is 1. The third-order valence-electron chi connectivity index (χ3n) is 3.66. The molecule has 148 valence electrons. The highest BCUT2D eigenvalue weighted by molar-refractivity contribution is 6.32. The summed E-state index contributed by atoms with van der Waals surface area (Å²) >= 11 is 6.20. The number of hydrogen-bond acceptors (Lipinski definition) is 5. The van der Waals surface area contributed by atoms with Gasteiger partial charge in [0.25, 0.3) is 5.91 Å². The van der Waals surface area contributed by atoms with Crippen LogP contribution in [0.25, 0.3) is 6.08 Å². The first-order chi connectivity index (χ1) is 13.4. The molecule has 1 atom stereocenters. The van der Waals surface area contributed by atoms with Crippen LogP contribution in [0.5, 0.6) is 11.5 Å². The minimum absolute atomic E-state index is 0.366. The van der Waals surface area contributed by atoms with Crippen LogP contribution < -0.4 is 14.8 Å². The summed E-state index contributed by atoms with van der Waals surface area (Å²) in [5.41, 5.74) is 1.26. The third kappa shape index (κ3) is 6.03. The second-order valence-corrected chi connectivity index (χ2v) is 6.14. The number of benzene rings is 2. The second kappa shape index (κ2) is 10.4. The zero-order valence-electron chi connectivity index (χ0n) is 15.9. The summed E-state index contributed by atoms with van der Waals surface area (Å²) in [6, 6.07) is 12.3. The number of ether oxygens (including phenoxy) is 3. The molecule has 0 radical (unpaired) electrons. The highest BCUT2D eigenvalue weighted by Gasteiger charge is 2.17. The standard InChI is InChI=1S/C21H22ClNO5/c1-4-27-20-17(22)12-15(13-18(20)26-3)10-11-19(24)28-14(2)21(25)23-16-8-6-5-7-9-16/h5-14H,4H2,1-3H3,(H,23,25)/b11-10+/t14-/m0/s1. The molecule has 6 nitrogen and oxygen atoms in total. The smallest absolute Gasteiger partial charge is 0.331 e. The maximum Gasteiger partial charge on any atom is 0.331 e. The Morgan fingerprint density at radius 3 is 2.57 bits per heavy atom. The Balaban J connectivity index is 1.99. The van der Waals surface area contributed by atoms with Gasteiger partial charge in [0.1, 0.15) is 0 Å². The van der Waals surface area contributed by atoms with E-state index in [0.29, 0.717) is 34.4 Å². The van der Waals surface area contributed by atoms with E-state index in [-0.39, 0.29) is 0 Å². The third-order valence-corrected chi connectivity index (χ3v) is 3.94. The Morgan fingerprint density at radius 2 is 1.93 bits per heavy atom. The van der Waals surface area contributed by atoms with Crippen molar-refractivity contribution < 1.29 is 23.8 Å². The van der Waals surface area contributed by atoms with E-state index in [1.807, 2.05) is 13.0 Å². The van der Waals surface area contributed by atoms with Gasteiger partial charge in [-0.3, -0.25) is 4.79 Å². The van der Waals surface area contributed by atoms with Crippen molar-refractivity contribution in [3.05, 3.63) is 59.1 Å². The molecule has 1 N–H and O–H groups in total. The number of halogens is 1. The molecule has 1 amide bonds. The summed E-state index contributed by atoms with van der Waals surface area (Å²) in [6.07, 6.45) is 1.79. The number of methoxy groups -OCH3 is 1. The van der Waals surface area contributed by atoms with Gasteiger partial charge >= 0.3 is 5.97 Å². The monoisotopic (exact) mass is 403 g/mol. The SMILES string of the molecule is CCOc1c(Cl)cc(/C=C/C(=O)O[C@@H](C)C(=O)Nc2ccccc2)cc1OC. The van der Waals surface area contributed by atoms with Crippen LogP contribution in [0.1, 0.15) is 19.4 Å². The van der Waals surface area contributed by atoms with Gasteiger partial charge < -0.3 is 19.5 Å². The molecule has 2 rings (SSSR count). The van der Waals surface area contributed by atoms with Gasteiger partial charge in [0.05, 0.1) is 18.7 Å². The number of carbonyl (C=O) groups is 2. The van der Waals surface area contributed by atoms with Crippen LogP contribution >= 0.6 is 11.6 Å². The van der Waals surface area contributed by atoms with Crippen molar-refractivity contribution >= 4 is 35.2 Å². The summed E-state index contributed by atoms with van der Waals surface area (Å²) in [4.78, 5) is 24.1. The van der Waals surface area contributed by atoms with Gasteiger partial charge in [0.2, 0.25) is 0 Å². The Labute approximate surface area is 169 Å². The van der Waals surface area contributed by atoms with Crippen molar-refractivity contribution in [1.29, 1.82) is 0 Å². The van der Waals surface area contributed by atoms with E-state index < -0.39 is 18.0 Å². The number of para-hydroxylation sites is 1. The Hall–Kier alpha value is -2.99. The summed E-state index contributed by atoms with van der Waals surface area (Å²) in [5, 5.41) is 3.04. The maximum atomic E-state index is 12.1. The fourth-order valence-electron chi connectivity index (χ4n) is 2.32. The van der Waals surface area contributed by atoms with Crippen molar-refractivity contribution in [2.24, 2.45) is 0 Å². The molecule has 0 saturated carbocycles. The lowest BCUT2D eigenvalue weighted by atomic mass is 10.2. The Morgan fingerprint density at radius 1 is 1.21 bits per heavy atom. The molecule has 0 aliphatic heterocycles. The topological polar surface area (TPSA) is 73.9 Å². The van der Waals surface area contributed by atoms with Gasteiger partial charge in [-0.2, -0.15) is 0 Å². The van der Waals surface area contributed by atoms with E-state index in [1.165, 1.54) is 26.2 Å². The lowest BCUT2D eigenvalue weighted by molar-refractivity contribution is -0.148. The number of hydrogen-bond donors (Lipinski definition) is 1. The first-order valence-electron chi connectivity index (χ1n) is 8.69. The largest absolute Gasteiger partial charge is 0.493 e. The van der Waals surface area contributed by atoms with Gasteiger partial charge in [0, 0.05) is 11.8 Å². The average molecular weight is 404 g/mol. The van der Waals surface area contributed by atoms with E-state index in [1.54, 1.807) is 36.4 Å². The molecule has 0 fully saturated rings. The average Bonchev–Trinajstić information content (AvgIpc) is 2.68. The Kier molecular flexibility index (Phi) is 7.89. The molecule has 0 aliphatic carbocycles. The second-order valence-electron chi connectivity index (χ2n) is 5.73. The van der Waals surface area contributed by atoms with Crippen molar-refractivity contribution in [2.75, 3.05) is 19.0 Å². The molecule has 0 aromatic heterocycles. The predicted molar refractivity (Wildman–Crippen MR) is 109 cm³/mol. The molecule has 2 aromatic rings. The lowest BCUT2D eigenvalue weighted by Crippen LogP contribution is -2.29. The minimum atomic E-state index is -0.948. The van der Waals surface area contributed by atoms with Gasteiger partial charge in [-0.05, 0) is 49.8 Å². The molecule has 2 aromatic carbocycles. The van der Waals surface area contributed by atoms with Crippen LogP contribution in [0.4, 0.5) is 5.69 Å². The van der Waals surface area contributed by atoms with E-state index in [9.17, 15) is 9.59 Å². The van der Waals surface area contributed by atoms with Crippen molar-refractivity contribution in [3.8, 4) is 11.5 Å². The number of rotatable bonds is 8. The molecule has 28 heavy (non-hydrogen) atoms. The van der Waals surface area contributed by atoms with Gasteiger partial charge in [-0.25, -0.2) is 4.79 Å². The number of anilines is 1. The molecule has 0 saturated heterocycles.